The van der Waals surface area contributed by atoms with Crippen LogP contribution in [0.25, 0.3) is 0 Å². The van der Waals surface area contributed by atoms with Gasteiger partial charge in [-0.2, -0.15) is 0 Å². The van der Waals surface area contributed by atoms with Gasteiger partial charge in [0.25, 0.3) is 0 Å². The zero-order valence-electron chi connectivity index (χ0n) is 11.1. The normalized spacial score (nSPS) is 17.7. The number of ether oxygens (including phenoxy) is 2. The number of methoxy groups -OCH3 is 1. The van der Waals surface area contributed by atoms with Crippen molar-refractivity contribution in [1.29, 1.82) is 0 Å². The second-order valence-corrected chi connectivity index (χ2v) is 4.71. The third kappa shape index (κ3) is 3.61. The average Bonchev–Trinajstić information content (AvgIpc) is 2.45. The predicted octanol–water partition coefficient (Wildman–Crippen LogP) is 1.39. The molecule has 0 aliphatic carbocycles. The Balaban J connectivity index is 2.08. The Morgan fingerprint density at radius 2 is 2.21 bits per heavy atom. The smallest absolute Gasteiger partial charge is 0.240 e. The van der Waals surface area contributed by atoms with Gasteiger partial charge in [0, 0.05) is 25.0 Å². The first kappa shape index (κ1) is 13.7. The van der Waals surface area contributed by atoms with Crippen molar-refractivity contribution in [3.63, 3.8) is 0 Å². The number of benzene rings is 1. The van der Waals surface area contributed by atoms with Crippen LogP contribution in [0.3, 0.4) is 0 Å². The summed E-state index contributed by atoms with van der Waals surface area (Å²) in [5.41, 5.74) is 6.35. The van der Waals surface area contributed by atoms with Crippen LogP contribution >= 0.6 is 0 Å². The summed E-state index contributed by atoms with van der Waals surface area (Å²) in [6.07, 6.45) is 1.70. The minimum absolute atomic E-state index is 0.220. The van der Waals surface area contributed by atoms with E-state index in [2.05, 4.69) is 5.32 Å². The lowest BCUT2D eigenvalue weighted by Gasteiger charge is -2.29. The lowest BCUT2D eigenvalue weighted by Crippen LogP contribution is -2.43. The van der Waals surface area contributed by atoms with Gasteiger partial charge in [-0.3, -0.25) is 4.79 Å². The molecule has 0 spiro atoms. The molecule has 1 aromatic carbocycles. The number of rotatable bonds is 5. The molecule has 0 radical (unpaired) electrons. The summed E-state index contributed by atoms with van der Waals surface area (Å²) < 4.78 is 10.5. The second-order valence-electron chi connectivity index (χ2n) is 4.71. The van der Waals surface area contributed by atoms with Crippen LogP contribution in [0.4, 0.5) is 5.69 Å². The van der Waals surface area contributed by atoms with Gasteiger partial charge in [-0.25, -0.2) is 0 Å². The van der Waals surface area contributed by atoms with Crippen molar-refractivity contribution in [3.05, 3.63) is 24.3 Å². The fraction of sp³-hybridized carbons (Fsp3) is 0.500. The van der Waals surface area contributed by atoms with E-state index in [0.717, 1.165) is 24.3 Å². The number of amides is 1. The number of carbonyl (C=O) groups is 1. The lowest BCUT2D eigenvalue weighted by molar-refractivity contribution is -0.120. The molecule has 0 bridgehead atoms. The van der Waals surface area contributed by atoms with Gasteiger partial charge in [-0.05, 0) is 30.9 Å². The summed E-state index contributed by atoms with van der Waals surface area (Å²) >= 11 is 0. The highest BCUT2D eigenvalue weighted by atomic mass is 16.5. The Labute approximate surface area is 113 Å². The molecule has 104 valence electrons. The summed E-state index contributed by atoms with van der Waals surface area (Å²) in [5, 5.41) is 3.21. The molecule has 1 unspecified atom stereocenters. The van der Waals surface area contributed by atoms with Crippen LogP contribution in [0, 0.1) is 5.92 Å². The van der Waals surface area contributed by atoms with Crippen molar-refractivity contribution in [1.82, 2.24) is 0 Å². The topological polar surface area (TPSA) is 73.6 Å². The average molecular weight is 264 g/mol. The van der Waals surface area contributed by atoms with Crippen LogP contribution in [0.15, 0.2) is 24.3 Å². The van der Waals surface area contributed by atoms with Gasteiger partial charge < -0.3 is 20.5 Å². The summed E-state index contributed by atoms with van der Waals surface area (Å²) in [6, 6.07) is 7.13. The lowest BCUT2D eigenvalue weighted by atomic mass is 9.91. The molecule has 1 aliphatic heterocycles. The Hall–Kier alpha value is -1.75. The van der Waals surface area contributed by atoms with Gasteiger partial charge in [0.05, 0.1) is 7.11 Å². The number of primary amides is 1. The molecule has 1 aromatic rings. The quantitative estimate of drug-likeness (QED) is 0.842. The van der Waals surface area contributed by atoms with Gasteiger partial charge >= 0.3 is 0 Å². The molecule has 0 saturated carbocycles. The number of nitrogens with one attached hydrogen (secondary N) is 1. The van der Waals surface area contributed by atoms with E-state index in [1.165, 1.54) is 0 Å². The molecular weight excluding hydrogens is 244 g/mol. The van der Waals surface area contributed by atoms with Gasteiger partial charge in [-0.1, -0.05) is 6.07 Å². The van der Waals surface area contributed by atoms with Crippen molar-refractivity contribution >= 4 is 11.6 Å². The van der Waals surface area contributed by atoms with Crippen LogP contribution < -0.4 is 15.8 Å². The number of nitrogens with two attached hydrogens (primary N) is 1. The minimum atomic E-state index is -0.365. The van der Waals surface area contributed by atoms with Crippen LogP contribution in [0.5, 0.6) is 5.75 Å². The first-order valence-electron chi connectivity index (χ1n) is 6.48. The number of anilines is 1. The monoisotopic (exact) mass is 264 g/mol. The molecule has 1 atom stereocenters. The highest BCUT2D eigenvalue weighted by molar-refractivity contribution is 5.83. The van der Waals surface area contributed by atoms with E-state index < -0.39 is 0 Å². The minimum Gasteiger partial charge on any atom is -0.497 e. The molecule has 19 heavy (non-hydrogen) atoms. The fourth-order valence-corrected chi connectivity index (χ4v) is 2.36. The summed E-state index contributed by atoms with van der Waals surface area (Å²) in [4.78, 5) is 11.6. The Bertz CT molecular complexity index is 430. The largest absolute Gasteiger partial charge is 0.497 e. The van der Waals surface area contributed by atoms with Crippen molar-refractivity contribution in [2.45, 2.75) is 18.9 Å². The predicted molar refractivity (Wildman–Crippen MR) is 73.1 cm³/mol. The van der Waals surface area contributed by atoms with Gasteiger partial charge in [0.2, 0.25) is 5.91 Å². The molecule has 1 fully saturated rings. The van der Waals surface area contributed by atoms with Gasteiger partial charge in [0.15, 0.2) is 0 Å². The number of hydrogen-bond acceptors (Lipinski definition) is 4. The number of hydrogen-bond donors (Lipinski definition) is 2. The molecule has 3 N–H and O–H groups in total. The maximum Gasteiger partial charge on any atom is 0.240 e. The van der Waals surface area contributed by atoms with E-state index >= 15 is 0 Å². The van der Waals surface area contributed by atoms with Crippen molar-refractivity contribution in [3.8, 4) is 5.75 Å². The Morgan fingerprint density at radius 1 is 1.47 bits per heavy atom. The van der Waals surface area contributed by atoms with E-state index in [-0.39, 0.29) is 17.9 Å². The summed E-state index contributed by atoms with van der Waals surface area (Å²) in [6.45, 7) is 1.38. The van der Waals surface area contributed by atoms with Crippen LogP contribution in [-0.4, -0.2) is 32.3 Å². The van der Waals surface area contributed by atoms with E-state index in [1.54, 1.807) is 7.11 Å². The third-order valence-corrected chi connectivity index (χ3v) is 3.44. The summed E-state index contributed by atoms with van der Waals surface area (Å²) in [5.74, 6) is 0.646. The zero-order chi connectivity index (χ0) is 13.7. The van der Waals surface area contributed by atoms with E-state index in [0.29, 0.717) is 13.2 Å². The van der Waals surface area contributed by atoms with E-state index in [4.69, 9.17) is 15.2 Å². The Kier molecular flexibility index (Phi) is 4.63. The molecule has 1 aliphatic rings. The molecule has 1 saturated heterocycles. The second kappa shape index (κ2) is 6.43. The molecular formula is C14H20N2O3. The highest BCUT2D eigenvalue weighted by Crippen LogP contribution is 2.24. The maximum atomic E-state index is 11.6. The maximum absolute atomic E-state index is 11.6. The van der Waals surface area contributed by atoms with E-state index in [1.807, 2.05) is 24.3 Å². The first-order chi connectivity index (χ1) is 9.20. The SMILES string of the molecule is COc1cccc(NC(C(N)=O)C2CCOCC2)c1. The van der Waals surface area contributed by atoms with Gasteiger partial charge in [0.1, 0.15) is 11.8 Å². The van der Waals surface area contributed by atoms with Crippen LogP contribution in [-0.2, 0) is 9.53 Å². The van der Waals surface area contributed by atoms with Gasteiger partial charge in [-0.15, -0.1) is 0 Å². The van der Waals surface area contributed by atoms with Crippen molar-refractivity contribution in [2.24, 2.45) is 11.7 Å². The molecule has 0 aromatic heterocycles. The molecule has 1 heterocycles. The van der Waals surface area contributed by atoms with Crippen LogP contribution in [0.2, 0.25) is 0 Å². The fourth-order valence-electron chi connectivity index (χ4n) is 2.36. The van der Waals surface area contributed by atoms with Crippen molar-refractivity contribution < 1.29 is 14.3 Å². The van der Waals surface area contributed by atoms with E-state index in [9.17, 15) is 4.79 Å². The first-order valence-corrected chi connectivity index (χ1v) is 6.48. The van der Waals surface area contributed by atoms with Crippen molar-refractivity contribution in [2.75, 3.05) is 25.6 Å². The highest BCUT2D eigenvalue weighted by Gasteiger charge is 2.28. The molecule has 2 rings (SSSR count). The molecule has 5 heteroatoms. The van der Waals surface area contributed by atoms with Crippen LogP contribution in [0.1, 0.15) is 12.8 Å². The number of carbonyl (C=O) groups excluding carboxylic acids is 1. The third-order valence-electron chi connectivity index (χ3n) is 3.44. The summed E-state index contributed by atoms with van der Waals surface area (Å²) in [7, 11) is 1.61. The zero-order valence-corrected chi connectivity index (χ0v) is 11.1. The molecule has 1 amide bonds. The Morgan fingerprint density at radius 3 is 2.84 bits per heavy atom. The molecule has 5 nitrogen and oxygen atoms in total. The standard InChI is InChI=1S/C14H20N2O3/c1-18-12-4-2-3-11(9-12)16-13(14(15)17)10-5-7-19-8-6-10/h2-4,9-10,13,16H,5-8H2,1H3,(H2,15,17).